The van der Waals surface area contributed by atoms with Crippen molar-refractivity contribution >= 4 is 28.8 Å². The number of piperidine rings is 1. The molecule has 1 amide bonds. The molecule has 5 heteroatoms. The van der Waals surface area contributed by atoms with Crippen LogP contribution in [0.4, 0.5) is 0 Å². The Kier molecular flexibility index (Phi) is 5.93. The van der Waals surface area contributed by atoms with Gasteiger partial charge in [-0.15, -0.1) is 11.3 Å². The van der Waals surface area contributed by atoms with Gasteiger partial charge in [0.1, 0.15) is 0 Å². The van der Waals surface area contributed by atoms with Gasteiger partial charge in [0.2, 0.25) is 0 Å². The second-order valence-electron chi connectivity index (χ2n) is 6.35. The summed E-state index contributed by atoms with van der Waals surface area (Å²) < 4.78 is 0.667. The predicted octanol–water partition coefficient (Wildman–Crippen LogP) is 4.18. The number of rotatable bonds is 5. The monoisotopic (exact) mass is 362 g/mol. The molecule has 1 aromatic carbocycles. The predicted molar refractivity (Wildman–Crippen MR) is 101 cm³/mol. The van der Waals surface area contributed by atoms with Crippen LogP contribution in [0.15, 0.2) is 42.5 Å². The minimum absolute atomic E-state index is 0.0850. The number of amides is 1. The van der Waals surface area contributed by atoms with Gasteiger partial charge >= 0.3 is 0 Å². The summed E-state index contributed by atoms with van der Waals surface area (Å²) in [6.45, 7) is 3.12. The number of likely N-dealkylation sites (tertiary alicyclic amines) is 1. The van der Waals surface area contributed by atoms with Crippen LogP contribution in [0.25, 0.3) is 0 Å². The Hall–Kier alpha value is -1.36. The molecular weight excluding hydrogens is 340 g/mol. The van der Waals surface area contributed by atoms with Crippen molar-refractivity contribution in [1.29, 1.82) is 0 Å². The first-order valence-corrected chi connectivity index (χ1v) is 9.61. The van der Waals surface area contributed by atoms with Gasteiger partial charge in [-0.2, -0.15) is 0 Å². The number of halogens is 1. The molecule has 1 atom stereocenters. The Morgan fingerprint density at radius 3 is 2.79 bits per heavy atom. The number of thiophene rings is 1. The van der Waals surface area contributed by atoms with Gasteiger partial charge in [0, 0.05) is 26.2 Å². The third kappa shape index (κ3) is 4.38. The highest BCUT2D eigenvalue weighted by Gasteiger charge is 2.27. The zero-order valence-electron chi connectivity index (χ0n) is 14.0. The van der Waals surface area contributed by atoms with E-state index in [9.17, 15) is 4.79 Å². The molecule has 0 saturated carbocycles. The van der Waals surface area contributed by atoms with Crippen molar-refractivity contribution in [1.82, 2.24) is 9.80 Å². The van der Waals surface area contributed by atoms with E-state index in [1.54, 1.807) is 6.07 Å². The number of hydrogen-bond acceptors (Lipinski definition) is 3. The van der Waals surface area contributed by atoms with E-state index in [1.165, 1.54) is 16.9 Å². The summed E-state index contributed by atoms with van der Waals surface area (Å²) in [7, 11) is 1.92. The highest BCUT2D eigenvalue weighted by atomic mass is 35.5. The first kappa shape index (κ1) is 17.5. The van der Waals surface area contributed by atoms with Crippen molar-refractivity contribution in [3.05, 3.63) is 57.2 Å². The summed E-state index contributed by atoms with van der Waals surface area (Å²) in [4.78, 5) is 17.7. The molecule has 2 heterocycles. The molecule has 128 valence electrons. The average molecular weight is 363 g/mol. The van der Waals surface area contributed by atoms with Crippen LogP contribution < -0.4 is 0 Å². The molecule has 3 nitrogen and oxygen atoms in total. The van der Waals surface area contributed by atoms with Crippen LogP contribution in [0, 0.1) is 0 Å². The first-order valence-electron chi connectivity index (χ1n) is 8.42. The fraction of sp³-hybridized carbons (Fsp3) is 0.421. The molecule has 0 spiro atoms. The van der Waals surface area contributed by atoms with Gasteiger partial charge in [0.15, 0.2) is 0 Å². The van der Waals surface area contributed by atoms with E-state index in [1.807, 2.05) is 18.0 Å². The molecule has 0 radical (unpaired) electrons. The van der Waals surface area contributed by atoms with Crippen LogP contribution in [-0.2, 0) is 6.42 Å². The molecule has 24 heavy (non-hydrogen) atoms. The summed E-state index contributed by atoms with van der Waals surface area (Å²) in [6, 6.07) is 14.5. The van der Waals surface area contributed by atoms with Crippen molar-refractivity contribution in [3.63, 3.8) is 0 Å². The molecule has 0 N–H and O–H groups in total. The Labute approximate surface area is 152 Å². The van der Waals surface area contributed by atoms with Crippen LogP contribution in [0.5, 0.6) is 0 Å². The van der Waals surface area contributed by atoms with E-state index in [4.69, 9.17) is 11.6 Å². The Morgan fingerprint density at radius 1 is 1.29 bits per heavy atom. The van der Waals surface area contributed by atoms with Crippen molar-refractivity contribution in [3.8, 4) is 0 Å². The van der Waals surface area contributed by atoms with Crippen LogP contribution >= 0.6 is 22.9 Å². The van der Waals surface area contributed by atoms with Crippen molar-refractivity contribution in [2.24, 2.45) is 0 Å². The van der Waals surface area contributed by atoms with Gasteiger partial charge in [0.05, 0.1) is 9.21 Å². The molecule has 1 aromatic heterocycles. The first-order chi connectivity index (χ1) is 11.6. The fourth-order valence-corrected chi connectivity index (χ4v) is 4.28. The van der Waals surface area contributed by atoms with Crippen LogP contribution in [0.1, 0.15) is 28.1 Å². The highest BCUT2D eigenvalue weighted by molar-refractivity contribution is 7.17. The normalized spacial score (nSPS) is 18.5. The van der Waals surface area contributed by atoms with Crippen LogP contribution in [-0.4, -0.2) is 48.4 Å². The summed E-state index contributed by atoms with van der Waals surface area (Å²) in [5.74, 6) is 0.0850. The Bertz CT molecular complexity index is 673. The Balaban J connectivity index is 1.55. The van der Waals surface area contributed by atoms with Gasteiger partial charge < -0.3 is 9.80 Å². The van der Waals surface area contributed by atoms with E-state index in [2.05, 4.69) is 35.2 Å². The summed E-state index contributed by atoms with van der Waals surface area (Å²) >= 11 is 7.31. The summed E-state index contributed by atoms with van der Waals surface area (Å²) in [6.07, 6.45) is 3.28. The molecule has 1 aliphatic heterocycles. The molecule has 0 aliphatic carbocycles. The lowest BCUT2D eigenvalue weighted by atomic mass is 10.0. The molecule has 1 unspecified atom stereocenters. The van der Waals surface area contributed by atoms with Gasteiger partial charge in [-0.3, -0.25) is 4.79 Å². The number of benzene rings is 1. The van der Waals surface area contributed by atoms with E-state index in [0.717, 1.165) is 43.8 Å². The quantitative estimate of drug-likeness (QED) is 0.796. The topological polar surface area (TPSA) is 23.6 Å². The number of carbonyl (C=O) groups is 1. The highest BCUT2D eigenvalue weighted by Crippen LogP contribution is 2.24. The number of nitrogens with zero attached hydrogens (tertiary/aromatic N) is 2. The third-order valence-corrected chi connectivity index (χ3v) is 5.91. The van der Waals surface area contributed by atoms with Crippen molar-refractivity contribution in [2.45, 2.75) is 25.3 Å². The van der Waals surface area contributed by atoms with Gasteiger partial charge in [-0.1, -0.05) is 41.9 Å². The molecule has 3 rings (SSSR count). The fourth-order valence-electron chi connectivity index (χ4n) is 3.25. The van der Waals surface area contributed by atoms with E-state index in [-0.39, 0.29) is 11.9 Å². The minimum Gasteiger partial charge on any atom is -0.337 e. The number of likely N-dealkylation sites (N-methyl/N-ethyl adjacent to an activating group) is 1. The SMILES string of the molecule is CN(C(=O)c1ccc(Cl)s1)C1CCCN(CCc2ccccc2)C1. The largest absolute Gasteiger partial charge is 0.337 e. The molecule has 0 bridgehead atoms. The third-order valence-electron chi connectivity index (χ3n) is 4.69. The van der Waals surface area contributed by atoms with E-state index in [0.29, 0.717) is 4.34 Å². The van der Waals surface area contributed by atoms with Crippen molar-refractivity contribution in [2.75, 3.05) is 26.7 Å². The maximum atomic E-state index is 12.6. The molecule has 1 saturated heterocycles. The van der Waals surface area contributed by atoms with Crippen LogP contribution in [0.3, 0.4) is 0 Å². The standard InChI is InChI=1S/C19H23ClN2OS/c1-21(19(23)17-9-10-18(20)24-17)16-8-5-12-22(14-16)13-11-15-6-3-2-4-7-15/h2-4,6-7,9-10,16H,5,8,11-14H2,1H3. The average Bonchev–Trinajstić information content (AvgIpc) is 3.06. The zero-order chi connectivity index (χ0) is 16.9. The lowest BCUT2D eigenvalue weighted by Gasteiger charge is -2.37. The smallest absolute Gasteiger partial charge is 0.264 e. The summed E-state index contributed by atoms with van der Waals surface area (Å²) in [5, 5.41) is 0. The van der Waals surface area contributed by atoms with E-state index >= 15 is 0 Å². The maximum Gasteiger partial charge on any atom is 0.264 e. The second kappa shape index (κ2) is 8.15. The van der Waals surface area contributed by atoms with Crippen molar-refractivity contribution < 1.29 is 4.79 Å². The van der Waals surface area contributed by atoms with Crippen LogP contribution in [0.2, 0.25) is 4.34 Å². The second-order valence-corrected chi connectivity index (χ2v) is 8.07. The number of hydrogen-bond donors (Lipinski definition) is 0. The lowest BCUT2D eigenvalue weighted by molar-refractivity contribution is 0.0624. The molecule has 1 aliphatic rings. The van der Waals surface area contributed by atoms with E-state index < -0.39 is 0 Å². The molecule has 2 aromatic rings. The zero-order valence-corrected chi connectivity index (χ0v) is 15.5. The molecular formula is C19H23ClN2OS. The molecule has 1 fully saturated rings. The Morgan fingerprint density at radius 2 is 2.08 bits per heavy atom. The summed E-state index contributed by atoms with van der Waals surface area (Å²) in [5.41, 5.74) is 1.37. The van der Waals surface area contributed by atoms with Gasteiger partial charge in [-0.25, -0.2) is 0 Å². The number of carbonyl (C=O) groups excluding carboxylic acids is 1. The lowest BCUT2D eigenvalue weighted by Crippen LogP contribution is -2.48. The minimum atomic E-state index is 0.0850. The van der Waals surface area contributed by atoms with Gasteiger partial charge in [0.25, 0.3) is 5.91 Å². The van der Waals surface area contributed by atoms with Gasteiger partial charge in [-0.05, 0) is 43.5 Å². The maximum absolute atomic E-state index is 12.6.